The third-order valence-electron chi connectivity index (χ3n) is 10.4. The van der Waals surface area contributed by atoms with Gasteiger partial charge in [0.15, 0.2) is 13.2 Å². The van der Waals surface area contributed by atoms with E-state index in [0.717, 1.165) is 11.1 Å². The number of carbonyl (C=O) groups excluding carboxylic acids is 4. The molecule has 0 fully saturated rings. The van der Waals surface area contributed by atoms with Crippen molar-refractivity contribution in [1.82, 2.24) is 10.9 Å². The number of ether oxygens (including phenoxy) is 4. The van der Waals surface area contributed by atoms with Crippen molar-refractivity contribution in [3.8, 4) is 23.0 Å². The zero-order chi connectivity index (χ0) is 46.9. The second kappa shape index (κ2) is 20.4. The predicted octanol–water partition coefficient (Wildman–Crippen LogP) is 6.26. The summed E-state index contributed by atoms with van der Waals surface area (Å²) in [5.41, 5.74) is 21.4. The number of hydrazone groups is 2. The fraction of sp³-hybridized carbons (Fsp3) is 0.375. The first kappa shape index (κ1) is 47.9. The van der Waals surface area contributed by atoms with E-state index in [1.165, 1.54) is 12.4 Å². The number of hydrogen-bond donors (Lipinski definition) is 6. The number of phenolic OH excluding ortho intramolecular Hbond substituents is 2. The van der Waals surface area contributed by atoms with E-state index >= 15 is 0 Å². The number of phenols is 2. The molecular weight excluding hydrogens is 821 g/mol. The molecule has 8 N–H and O–H groups in total. The first-order valence-electron chi connectivity index (χ1n) is 20.9. The summed E-state index contributed by atoms with van der Waals surface area (Å²) in [6.07, 6.45) is 3.16. The molecule has 340 valence electrons. The minimum Gasteiger partial charge on any atom is -0.507 e. The van der Waals surface area contributed by atoms with E-state index in [-0.39, 0.29) is 50.4 Å². The van der Waals surface area contributed by atoms with E-state index in [9.17, 15) is 29.4 Å². The van der Waals surface area contributed by atoms with Gasteiger partial charge in [0.05, 0.1) is 25.6 Å². The third kappa shape index (κ3) is 12.5. The maximum absolute atomic E-state index is 12.8. The molecule has 16 heteroatoms. The van der Waals surface area contributed by atoms with Gasteiger partial charge in [0.2, 0.25) is 0 Å². The van der Waals surface area contributed by atoms with Crippen LogP contribution in [-0.4, -0.2) is 73.1 Å². The first-order chi connectivity index (χ1) is 30.2. The van der Waals surface area contributed by atoms with Crippen LogP contribution in [0.5, 0.6) is 23.0 Å². The van der Waals surface area contributed by atoms with Crippen LogP contribution in [0.2, 0.25) is 0 Å². The lowest BCUT2D eigenvalue weighted by molar-refractivity contribution is -0.146. The van der Waals surface area contributed by atoms with Crippen LogP contribution < -0.4 is 31.8 Å². The van der Waals surface area contributed by atoms with Gasteiger partial charge in [-0.3, -0.25) is 0 Å². The van der Waals surface area contributed by atoms with E-state index in [2.05, 4.69) is 62.6 Å². The van der Waals surface area contributed by atoms with Crippen molar-refractivity contribution in [1.29, 1.82) is 0 Å². The molecular formula is C48H58N6O10. The molecule has 16 nitrogen and oxygen atoms in total. The Hall–Kier alpha value is -7.10. The quantitative estimate of drug-likeness (QED) is 0.0467. The Kier molecular flexibility index (Phi) is 15.3. The first-order valence-corrected chi connectivity index (χ1v) is 20.9. The molecule has 5 rings (SSSR count). The summed E-state index contributed by atoms with van der Waals surface area (Å²) in [4.78, 5) is 48.9. The Morgan fingerprint density at radius 1 is 0.562 bits per heavy atom. The molecule has 0 radical (unpaired) electrons. The number of fused-ring (bicyclic) bond motifs is 8. The van der Waals surface area contributed by atoms with Gasteiger partial charge in [-0.15, -0.1) is 0 Å². The van der Waals surface area contributed by atoms with E-state index < -0.39 is 48.0 Å². The Morgan fingerprint density at radius 2 is 0.859 bits per heavy atom. The molecule has 64 heavy (non-hydrogen) atoms. The van der Waals surface area contributed by atoms with Crippen LogP contribution in [0.3, 0.4) is 0 Å². The zero-order valence-corrected chi connectivity index (χ0v) is 37.6. The number of benzene rings is 4. The zero-order valence-electron chi connectivity index (χ0n) is 37.6. The van der Waals surface area contributed by atoms with Crippen molar-refractivity contribution in [3.05, 3.63) is 115 Å². The molecule has 0 aliphatic heterocycles. The molecule has 4 aromatic carbocycles. The van der Waals surface area contributed by atoms with Crippen LogP contribution >= 0.6 is 0 Å². The molecule has 4 amide bonds. The number of rotatable bonds is 12. The third-order valence-corrected chi connectivity index (χ3v) is 10.4. The number of amides is 4. The van der Waals surface area contributed by atoms with Gasteiger partial charge in [0.1, 0.15) is 23.0 Å². The van der Waals surface area contributed by atoms with Crippen LogP contribution in [-0.2, 0) is 55.6 Å². The highest BCUT2D eigenvalue weighted by atomic mass is 16.6. The number of urea groups is 2. The minimum atomic E-state index is -0.862. The fourth-order valence-electron chi connectivity index (χ4n) is 7.36. The normalized spacial score (nSPS) is 12.8. The Bertz CT molecular complexity index is 2210. The molecule has 0 spiro atoms. The van der Waals surface area contributed by atoms with Gasteiger partial charge < -0.3 is 40.6 Å². The number of nitrogens with two attached hydrogens (primary N) is 2. The standard InChI is InChI=1S/C48H58N6O10/c1-9-61-39(55)25-63-43-33-15-29-11-27(23-51-53-45(49)59)13-31(41(29)57)17-35-21-38(48(6,7)8)22-36(44(35)64-26-40(56)62-10-2)18-32-14-28(24-52-54-46(50)60)12-30(42(32)58)16-34(43)20-37(19-33)47(3,4)5/h11-14,19-24,57-58H,9-10,15-18,25-26H2,1-8H3,(H3,49,53,59)(H3,50,54,60)/b51-23+,52-24?. The van der Waals surface area contributed by atoms with Crippen molar-refractivity contribution in [2.75, 3.05) is 26.4 Å². The smallest absolute Gasteiger partial charge is 0.344 e. The van der Waals surface area contributed by atoms with Gasteiger partial charge >= 0.3 is 24.0 Å². The van der Waals surface area contributed by atoms with Crippen molar-refractivity contribution in [2.24, 2.45) is 21.7 Å². The summed E-state index contributed by atoms with van der Waals surface area (Å²) in [6, 6.07) is 13.0. The highest BCUT2D eigenvalue weighted by Crippen LogP contribution is 2.42. The predicted molar refractivity (Wildman–Crippen MR) is 243 cm³/mol. The number of primary amides is 2. The average Bonchev–Trinajstić information content (AvgIpc) is 3.19. The van der Waals surface area contributed by atoms with E-state index in [1.807, 2.05) is 24.3 Å². The SMILES string of the molecule is CCOC(=O)COc1c2cc(C(C)(C)C)cc1Cc1cc(/C=N/NC(N)=O)cc(c1O)Cc1cc(C(C)(C)C)cc(c1OCC(=O)OCC)Cc1cc(C=NNC(N)=O)cc(c1O)C2. The average molecular weight is 879 g/mol. The second-order valence-corrected chi connectivity index (χ2v) is 17.5. The molecule has 0 unspecified atom stereocenters. The number of nitrogens with one attached hydrogen (secondary N) is 2. The number of nitrogens with zero attached hydrogens (tertiary/aromatic N) is 2. The van der Waals surface area contributed by atoms with Gasteiger partial charge in [0.25, 0.3) is 0 Å². The van der Waals surface area contributed by atoms with E-state index in [4.69, 9.17) is 30.4 Å². The molecule has 0 saturated heterocycles. The molecule has 1 aliphatic rings. The summed E-state index contributed by atoms with van der Waals surface area (Å²) >= 11 is 0. The monoisotopic (exact) mass is 878 g/mol. The van der Waals surface area contributed by atoms with E-state index in [1.54, 1.807) is 38.1 Å². The molecule has 0 aromatic heterocycles. The van der Waals surface area contributed by atoms with Crippen LogP contribution in [0.15, 0.2) is 58.7 Å². The lowest BCUT2D eigenvalue weighted by atomic mass is 9.81. The van der Waals surface area contributed by atoms with Gasteiger partial charge in [-0.05, 0) is 116 Å². The van der Waals surface area contributed by atoms with Crippen LogP contribution in [0.25, 0.3) is 0 Å². The summed E-state index contributed by atoms with van der Waals surface area (Å²) in [5, 5.41) is 32.6. The lowest BCUT2D eigenvalue weighted by Gasteiger charge is -2.26. The van der Waals surface area contributed by atoms with Gasteiger partial charge in [-0.25, -0.2) is 30.0 Å². The maximum Gasteiger partial charge on any atom is 0.344 e. The van der Waals surface area contributed by atoms with Gasteiger partial charge in [-0.2, -0.15) is 10.2 Å². The molecule has 8 bridgehead atoms. The van der Waals surface area contributed by atoms with Crippen LogP contribution in [0, 0.1) is 0 Å². The summed E-state index contributed by atoms with van der Waals surface area (Å²) in [6.45, 7) is 15.2. The Labute approximate surface area is 373 Å². The van der Waals surface area contributed by atoms with Crippen LogP contribution in [0.4, 0.5) is 9.59 Å². The molecule has 0 atom stereocenters. The fourth-order valence-corrected chi connectivity index (χ4v) is 7.36. The van der Waals surface area contributed by atoms with Crippen molar-refractivity contribution in [2.45, 2.75) is 91.9 Å². The largest absolute Gasteiger partial charge is 0.507 e. The Morgan fingerprint density at radius 3 is 1.11 bits per heavy atom. The number of hydrogen-bond acceptors (Lipinski definition) is 12. The van der Waals surface area contributed by atoms with Crippen LogP contribution in [0.1, 0.15) is 122 Å². The summed E-state index contributed by atoms with van der Waals surface area (Å²) in [5.74, 6) is -0.576. The van der Waals surface area contributed by atoms with Crippen molar-refractivity contribution >= 4 is 36.4 Å². The molecule has 1 aliphatic carbocycles. The minimum absolute atomic E-state index is 0.0402. The highest BCUT2D eigenvalue weighted by Gasteiger charge is 2.27. The summed E-state index contributed by atoms with van der Waals surface area (Å²) in [7, 11) is 0. The lowest BCUT2D eigenvalue weighted by Crippen LogP contribution is -2.24. The Balaban J connectivity index is 1.91. The molecule has 4 aromatic rings. The van der Waals surface area contributed by atoms with Crippen molar-refractivity contribution < 1.29 is 48.3 Å². The topological polar surface area (TPSA) is 246 Å². The van der Waals surface area contributed by atoms with Crippen molar-refractivity contribution in [3.63, 3.8) is 0 Å². The second-order valence-electron chi connectivity index (χ2n) is 17.5. The maximum atomic E-state index is 12.8. The molecule has 0 saturated carbocycles. The number of aromatic hydroxyl groups is 2. The van der Waals surface area contributed by atoms with Gasteiger partial charge in [-0.1, -0.05) is 65.8 Å². The molecule has 0 heterocycles. The highest BCUT2D eigenvalue weighted by molar-refractivity contribution is 5.84. The number of carbonyl (C=O) groups is 4. The number of esters is 2. The summed E-state index contributed by atoms with van der Waals surface area (Å²) < 4.78 is 23.2. The van der Waals surface area contributed by atoms with Gasteiger partial charge in [0, 0.05) is 25.7 Å². The van der Waals surface area contributed by atoms with E-state index in [0.29, 0.717) is 67.1 Å².